The highest BCUT2D eigenvalue weighted by Crippen LogP contribution is 2.27. The van der Waals surface area contributed by atoms with E-state index in [2.05, 4.69) is 57.1 Å². The second-order valence-electron chi connectivity index (χ2n) is 6.79. The van der Waals surface area contributed by atoms with E-state index in [0.29, 0.717) is 18.9 Å². The molecule has 0 unspecified atom stereocenters. The topological polar surface area (TPSA) is 78.9 Å². The van der Waals surface area contributed by atoms with Crippen molar-refractivity contribution in [2.24, 2.45) is 0 Å². The van der Waals surface area contributed by atoms with E-state index in [-0.39, 0.29) is 5.91 Å². The predicted molar refractivity (Wildman–Crippen MR) is 107 cm³/mol. The number of carbonyl (C=O) groups is 1. The lowest BCUT2D eigenvalue weighted by atomic mass is 10.1. The quantitative estimate of drug-likeness (QED) is 0.643. The van der Waals surface area contributed by atoms with Crippen molar-refractivity contribution >= 4 is 29.0 Å². The van der Waals surface area contributed by atoms with Gasteiger partial charge in [-0.1, -0.05) is 29.8 Å². The molecule has 6 heteroatoms. The molecule has 0 spiro atoms. The van der Waals surface area contributed by atoms with E-state index in [1.54, 1.807) is 6.20 Å². The van der Waals surface area contributed by atoms with Crippen molar-refractivity contribution in [1.82, 2.24) is 9.97 Å². The van der Waals surface area contributed by atoms with E-state index in [1.807, 2.05) is 25.1 Å². The number of aromatic nitrogens is 2. The molecule has 0 radical (unpaired) electrons. The number of nitrogens with zero attached hydrogens (tertiary/aromatic N) is 2. The van der Waals surface area contributed by atoms with Crippen LogP contribution in [0, 0.1) is 13.8 Å². The maximum absolute atomic E-state index is 11.5. The van der Waals surface area contributed by atoms with Crippen molar-refractivity contribution < 1.29 is 4.79 Å². The first kappa shape index (κ1) is 17.0. The molecule has 136 valence electrons. The number of hydrogen-bond acceptors (Lipinski definition) is 5. The van der Waals surface area contributed by atoms with E-state index in [1.165, 1.54) is 11.1 Å². The van der Waals surface area contributed by atoms with Crippen molar-refractivity contribution in [3.05, 3.63) is 70.9 Å². The molecule has 0 atom stereocenters. The van der Waals surface area contributed by atoms with Crippen LogP contribution in [0.1, 0.15) is 22.3 Å². The lowest BCUT2D eigenvalue weighted by Crippen LogP contribution is -2.06. The molecular formula is C21H21N5O. The molecule has 0 fully saturated rings. The van der Waals surface area contributed by atoms with E-state index in [0.717, 1.165) is 28.3 Å². The molecule has 3 aromatic rings. The largest absolute Gasteiger partial charge is 0.366 e. The number of benzene rings is 2. The molecule has 2 aromatic carbocycles. The molecule has 1 aliphatic rings. The van der Waals surface area contributed by atoms with Gasteiger partial charge in [-0.3, -0.25) is 4.79 Å². The van der Waals surface area contributed by atoms with Crippen LogP contribution in [0.25, 0.3) is 0 Å². The van der Waals surface area contributed by atoms with Gasteiger partial charge in [-0.2, -0.15) is 4.98 Å². The Morgan fingerprint density at radius 1 is 1.15 bits per heavy atom. The maximum atomic E-state index is 11.5. The van der Waals surface area contributed by atoms with E-state index >= 15 is 0 Å². The van der Waals surface area contributed by atoms with Gasteiger partial charge in [0, 0.05) is 29.7 Å². The number of carbonyl (C=O) groups excluding carboxylic acids is 1. The van der Waals surface area contributed by atoms with Gasteiger partial charge >= 0.3 is 0 Å². The Morgan fingerprint density at radius 3 is 2.89 bits per heavy atom. The summed E-state index contributed by atoms with van der Waals surface area (Å²) in [6, 6.07) is 14.1. The number of nitrogens with one attached hydrogen (secondary N) is 3. The average molecular weight is 359 g/mol. The lowest BCUT2D eigenvalue weighted by molar-refractivity contribution is -0.115. The minimum atomic E-state index is 0.0244. The highest BCUT2D eigenvalue weighted by Gasteiger charge is 2.17. The Hall–Kier alpha value is -3.41. The number of aryl methyl sites for hydroxylation is 2. The minimum absolute atomic E-state index is 0.0244. The minimum Gasteiger partial charge on any atom is -0.366 e. The molecule has 1 amide bonds. The van der Waals surface area contributed by atoms with Crippen LogP contribution in [0.5, 0.6) is 0 Å². The van der Waals surface area contributed by atoms with E-state index in [4.69, 9.17) is 0 Å². The van der Waals surface area contributed by atoms with E-state index in [9.17, 15) is 4.79 Å². The summed E-state index contributed by atoms with van der Waals surface area (Å²) in [6.07, 6.45) is 2.20. The molecule has 1 aromatic heterocycles. The highest BCUT2D eigenvalue weighted by molar-refractivity contribution is 5.99. The summed E-state index contributed by atoms with van der Waals surface area (Å²) in [5.41, 5.74) is 6.14. The summed E-state index contributed by atoms with van der Waals surface area (Å²) in [7, 11) is 0. The van der Waals surface area contributed by atoms with Gasteiger partial charge in [-0.05, 0) is 43.2 Å². The molecule has 0 aliphatic carbocycles. The Bertz CT molecular complexity index is 1020. The summed E-state index contributed by atoms with van der Waals surface area (Å²) in [5, 5.41) is 9.44. The van der Waals surface area contributed by atoms with Crippen molar-refractivity contribution in [3.63, 3.8) is 0 Å². The first-order chi connectivity index (χ1) is 13.1. The van der Waals surface area contributed by atoms with Crippen LogP contribution >= 0.6 is 0 Å². The highest BCUT2D eigenvalue weighted by atomic mass is 16.1. The fraction of sp³-hybridized carbons (Fsp3) is 0.190. The molecule has 6 nitrogen and oxygen atoms in total. The molecule has 1 aliphatic heterocycles. The predicted octanol–water partition coefficient (Wildman–Crippen LogP) is 3.94. The zero-order chi connectivity index (χ0) is 18.8. The first-order valence-electron chi connectivity index (χ1n) is 8.90. The van der Waals surface area contributed by atoms with Crippen molar-refractivity contribution in [1.29, 1.82) is 0 Å². The molecule has 0 saturated heterocycles. The monoisotopic (exact) mass is 359 g/mol. The van der Waals surface area contributed by atoms with Gasteiger partial charge in [0.25, 0.3) is 0 Å². The Balaban J connectivity index is 1.49. The van der Waals surface area contributed by atoms with Crippen molar-refractivity contribution in [2.75, 3.05) is 16.0 Å². The Labute approximate surface area is 158 Å². The standard InChI is InChI=1S/C21H21N5O/c1-13-4-3-5-15(8-13)12-22-20-14(2)11-23-21(26-20)24-17-6-7-18-16(9-17)10-19(27)25-18/h3-9,11H,10,12H2,1-2H3,(H,25,27)(H2,22,23,24,26). The number of hydrogen-bond donors (Lipinski definition) is 3. The van der Waals surface area contributed by atoms with Crippen LogP contribution in [0.4, 0.5) is 23.1 Å². The molecule has 0 bridgehead atoms. The van der Waals surface area contributed by atoms with E-state index < -0.39 is 0 Å². The normalized spacial score (nSPS) is 12.4. The van der Waals surface area contributed by atoms with Gasteiger partial charge in [0.2, 0.25) is 11.9 Å². The SMILES string of the molecule is Cc1cccc(CNc2nc(Nc3ccc4c(c3)CC(=O)N4)ncc2C)c1. The first-order valence-corrected chi connectivity index (χ1v) is 8.90. The average Bonchev–Trinajstić information content (AvgIpc) is 3.01. The van der Waals surface area contributed by atoms with Gasteiger partial charge in [0.15, 0.2) is 0 Å². The third-order valence-corrected chi connectivity index (χ3v) is 4.50. The second-order valence-corrected chi connectivity index (χ2v) is 6.79. The fourth-order valence-corrected chi connectivity index (χ4v) is 3.13. The van der Waals surface area contributed by atoms with Crippen LogP contribution < -0.4 is 16.0 Å². The number of fused-ring (bicyclic) bond motifs is 1. The number of anilines is 4. The second kappa shape index (κ2) is 7.07. The smallest absolute Gasteiger partial charge is 0.229 e. The summed E-state index contributed by atoms with van der Waals surface area (Å²) in [6.45, 7) is 4.77. The summed E-state index contributed by atoms with van der Waals surface area (Å²) < 4.78 is 0. The summed E-state index contributed by atoms with van der Waals surface area (Å²) in [5.74, 6) is 1.34. The van der Waals surface area contributed by atoms with Gasteiger partial charge < -0.3 is 16.0 Å². The maximum Gasteiger partial charge on any atom is 0.229 e. The molecule has 3 N–H and O–H groups in total. The summed E-state index contributed by atoms with van der Waals surface area (Å²) in [4.78, 5) is 20.5. The zero-order valence-corrected chi connectivity index (χ0v) is 15.3. The lowest BCUT2D eigenvalue weighted by Gasteiger charge is -2.12. The number of amides is 1. The molecule has 2 heterocycles. The molecule has 27 heavy (non-hydrogen) atoms. The molecule has 0 saturated carbocycles. The van der Waals surface area contributed by atoms with Gasteiger partial charge in [0.05, 0.1) is 6.42 Å². The van der Waals surface area contributed by atoms with Crippen LogP contribution in [0.3, 0.4) is 0 Å². The molecular weight excluding hydrogens is 338 g/mol. The van der Waals surface area contributed by atoms with Crippen LogP contribution in [-0.4, -0.2) is 15.9 Å². The Morgan fingerprint density at radius 2 is 2.04 bits per heavy atom. The number of rotatable bonds is 5. The summed E-state index contributed by atoms with van der Waals surface area (Å²) >= 11 is 0. The third kappa shape index (κ3) is 3.89. The zero-order valence-electron chi connectivity index (χ0n) is 15.3. The van der Waals surface area contributed by atoms with Gasteiger partial charge in [0.1, 0.15) is 5.82 Å². The van der Waals surface area contributed by atoms with Crippen LogP contribution in [0.2, 0.25) is 0 Å². The van der Waals surface area contributed by atoms with Crippen LogP contribution in [-0.2, 0) is 17.8 Å². The van der Waals surface area contributed by atoms with Gasteiger partial charge in [-0.15, -0.1) is 0 Å². The van der Waals surface area contributed by atoms with Gasteiger partial charge in [-0.25, -0.2) is 4.98 Å². The molecule has 4 rings (SSSR count). The van der Waals surface area contributed by atoms with Crippen molar-refractivity contribution in [2.45, 2.75) is 26.8 Å². The fourth-order valence-electron chi connectivity index (χ4n) is 3.13. The Kier molecular flexibility index (Phi) is 4.46. The van der Waals surface area contributed by atoms with Crippen molar-refractivity contribution in [3.8, 4) is 0 Å². The third-order valence-electron chi connectivity index (χ3n) is 4.50. The van der Waals surface area contributed by atoms with Crippen LogP contribution in [0.15, 0.2) is 48.7 Å².